The van der Waals surface area contributed by atoms with Gasteiger partial charge >= 0.3 is 6.18 Å². The van der Waals surface area contributed by atoms with E-state index in [1.54, 1.807) is 0 Å². The Balaban J connectivity index is 2.59. The van der Waals surface area contributed by atoms with E-state index in [1.165, 1.54) is 0 Å². The minimum absolute atomic E-state index is 0.0146. The van der Waals surface area contributed by atoms with Gasteiger partial charge in [-0.15, -0.1) is 11.3 Å². The number of nitrogen functional groups attached to an aromatic ring is 1. The average Bonchev–Trinajstić information content (AvgIpc) is 2.68. The van der Waals surface area contributed by atoms with E-state index in [0.29, 0.717) is 10.9 Å². The summed E-state index contributed by atoms with van der Waals surface area (Å²) >= 11 is 1.07. The van der Waals surface area contributed by atoms with Crippen molar-refractivity contribution in [3.05, 3.63) is 34.5 Å². The van der Waals surface area contributed by atoms with Crippen molar-refractivity contribution in [3.8, 4) is 11.3 Å². The van der Waals surface area contributed by atoms with Crippen LogP contribution in [0.4, 0.5) is 22.7 Å². The maximum absolute atomic E-state index is 13.3. The molecule has 1 aromatic carbocycles. The number of hydrogen-bond donors (Lipinski definition) is 2. The van der Waals surface area contributed by atoms with Crippen LogP contribution < -0.4 is 11.5 Å². The molecule has 0 unspecified atom stereocenters. The Morgan fingerprint density at radius 3 is 2.47 bits per heavy atom. The fourth-order valence-corrected chi connectivity index (χ4v) is 2.36. The number of benzene rings is 1. The van der Waals surface area contributed by atoms with Crippen LogP contribution in [0.3, 0.4) is 0 Å². The van der Waals surface area contributed by atoms with Gasteiger partial charge in [-0.05, 0) is 18.2 Å². The third kappa shape index (κ3) is 2.85. The maximum Gasteiger partial charge on any atom is 0.416 e. The van der Waals surface area contributed by atoms with Crippen molar-refractivity contribution in [3.63, 3.8) is 0 Å². The summed E-state index contributed by atoms with van der Waals surface area (Å²) in [7, 11) is 0. The minimum atomic E-state index is -4.62. The molecule has 4 N–H and O–H groups in total. The van der Waals surface area contributed by atoms with Gasteiger partial charge in [0.05, 0.1) is 11.3 Å². The number of aromatic nitrogens is 1. The van der Waals surface area contributed by atoms with E-state index in [-0.39, 0.29) is 22.9 Å². The predicted molar refractivity (Wildman–Crippen MR) is 64.8 cm³/mol. The number of hydrogen-bond acceptors (Lipinski definition) is 4. The van der Waals surface area contributed by atoms with Crippen LogP contribution in [0.1, 0.15) is 10.4 Å². The zero-order valence-corrected chi connectivity index (χ0v) is 10.3. The smallest absolute Gasteiger partial charge is 0.375 e. The van der Waals surface area contributed by atoms with E-state index in [1.807, 2.05) is 0 Å². The van der Waals surface area contributed by atoms with Crippen LogP contribution >= 0.6 is 11.3 Å². The van der Waals surface area contributed by atoms with E-state index in [2.05, 4.69) is 4.98 Å². The van der Waals surface area contributed by atoms with Crippen LogP contribution in [0.15, 0.2) is 18.2 Å². The molecule has 0 spiro atoms. The van der Waals surface area contributed by atoms with Crippen molar-refractivity contribution < 1.29 is 17.6 Å². The molecule has 3 nitrogen and oxygen atoms in total. The van der Waals surface area contributed by atoms with Gasteiger partial charge in [-0.25, -0.2) is 9.37 Å². The minimum Gasteiger partial charge on any atom is -0.375 e. The fourth-order valence-electron chi connectivity index (χ4n) is 1.62. The predicted octanol–water partition coefficient (Wildman–Crippen LogP) is 3.01. The van der Waals surface area contributed by atoms with Crippen LogP contribution in [0.5, 0.6) is 0 Å². The summed E-state index contributed by atoms with van der Waals surface area (Å²) in [5, 5.41) is 0.174. The normalized spacial score (nSPS) is 11.8. The molecule has 0 amide bonds. The number of anilines is 1. The lowest BCUT2D eigenvalue weighted by atomic mass is 10.1. The molecule has 8 heteroatoms. The van der Waals surface area contributed by atoms with E-state index in [0.717, 1.165) is 23.5 Å². The summed E-state index contributed by atoms with van der Waals surface area (Å²) in [5.41, 5.74) is 10.1. The quantitative estimate of drug-likeness (QED) is 0.836. The van der Waals surface area contributed by atoms with Crippen LogP contribution in [-0.2, 0) is 12.7 Å². The first kappa shape index (κ1) is 13.8. The van der Waals surface area contributed by atoms with Gasteiger partial charge in [0.15, 0.2) is 5.13 Å². The molecule has 0 saturated carbocycles. The number of halogens is 4. The Kier molecular flexibility index (Phi) is 3.46. The van der Waals surface area contributed by atoms with Gasteiger partial charge in [0.1, 0.15) is 5.82 Å². The number of thiazole rings is 1. The molecule has 1 aromatic heterocycles. The highest BCUT2D eigenvalue weighted by atomic mass is 32.1. The Morgan fingerprint density at radius 1 is 1.21 bits per heavy atom. The van der Waals surface area contributed by atoms with Crippen LogP contribution in [-0.4, -0.2) is 4.98 Å². The lowest BCUT2D eigenvalue weighted by Gasteiger charge is -2.09. The average molecular weight is 291 g/mol. The van der Waals surface area contributed by atoms with Gasteiger partial charge in [-0.1, -0.05) is 0 Å². The molecule has 0 fully saturated rings. The molecule has 0 bridgehead atoms. The van der Waals surface area contributed by atoms with Crippen molar-refractivity contribution >= 4 is 16.5 Å². The second kappa shape index (κ2) is 4.78. The molecule has 0 aliphatic carbocycles. The Bertz CT molecular complexity index is 606. The molecule has 0 radical (unpaired) electrons. The van der Waals surface area contributed by atoms with Gasteiger partial charge in [0.2, 0.25) is 0 Å². The highest BCUT2D eigenvalue weighted by Crippen LogP contribution is 2.35. The third-order valence-corrected chi connectivity index (χ3v) is 3.30. The Hall–Kier alpha value is -1.67. The van der Waals surface area contributed by atoms with Crippen LogP contribution in [0.25, 0.3) is 11.3 Å². The van der Waals surface area contributed by atoms with Crippen molar-refractivity contribution in [2.75, 3.05) is 5.73 Å². The number of rotatable bonds is 2. The second-order valence-corrected chi connectivity index (χ2v) is 4.87. The summed E-state index contributed by atoms with van der Waals surface area (Å²) in [6, 6.07) is 2.24. The van der Waals surface area contributed by atoms with Gasteiger partial charge in [-0.2, -0.15) is 13.2 Å². The van der Waals surface area contributed by atoms with E-state index >= 15 is 0 Å². The number of alkyl halides is 3. The van der Waals surface area contributed by atoms with E-state index in [9.17, 15) is 17.6 Å². The number of nitrogens with zero attached hydrogens (tertiary/aromatic N) is 1. The third-order valence-electron chi connectivity index (χ3n) is 2.40. The Morgan fingerprint density at radius 2 is 1.89 bits per heavy atom. The zero-order chi connectivity index (χ0) is 14.2. The monoisotopic (exact) mass is 291 g/mol. The molecule has 19 heavy (non-hydrogen) atoms. The molecule has 0 saturated heterocycles. The molecule has 0 atom stereocenters. The highest BCUT2D eigenvalue weighted by Gasteiger charge is 2.31. The molecule has 2 rings (SSSR count). The van der Waals surface area contributed by atoms with Gasteiger partial charge < -0.3 is 11.5 Å². The van der Waals surface area contributed by atoms with Crippen molar-refractivity contribution in [1.29, 1.82) is 0 Å². The number of nitrogens with two attached hydrogens (primary N) is 2. The second-order valence-electron chi connectivity index (χ2n) is 3.75. The van der Waals surface area contributed by atoms with Crippen molar-refractivity contribution in [2.24, 2.45) is 5.73 Å². The molecule has 102 valence electrons. The summed E-state index contributed by atoms with van der Waals surface area (Å²) in [6.07, 6.45) is -4.62. The largest absolute Gasteiger partial charge is 0.416 e. The lowest BCUT2D eigenvalue weighted by molar-refractivity contribution is -0.137. The summed E-state index contributed by atoms with van der Waals surface area (Å²) < 4.78 is 51.2. The lowest BCUT2D eigenvalue weighted by Crippen LogP contribution is -2.06. The topological polar surface area (TPSA) is 64.9 Å². The van der Waals surface area contributed by atoms with Crippen molar-refractivity contribution in [1.82, 2.24) is 4.98 Å². The standard InChI is InChI=1S/C11H9F4N3S/c12-7-2-5(1-6(3-7)11(13,14)15)9-8(4-16)19-10(17)18-9/h1-3H,4,16H2,(H2,17,18). The SMILES string of the molecule is NCc1sc(N)nc1-c1cc(F)cc(C(F)(F)F)c1. The molecule has 0 aliphatic rings. The maximum atomic E-state index is 13.3. The van der Waals surface area contributed by atoms with E-state index < -0.39 is 17.6 Å². The first-order valence-corrected chi connectivity index (χ1v) is 5.96. The first-order valence-electron chi connectivity index (χ1n) is 5.14. The molecule has 1 heterocycles. The molecule has 2 aromatic rings. The Labute approximate surface area is 109 Å². The summed E-state index contributed by atoms with van der Waals surface area (Å²) in [5.74, 6) is -0.987. The van der Waals surface area contributed by atoms with Crippen LogP contribution in [0.2, 0.25) is 0 Å². The van der Waals surface area contributed by atoms with Crippen LogP contribution in [0, 0.1) is 5.82 Å². The van der Waals surface area contributed by atoms with Gasteiger partial charge in [0.25, 0.3) is 0 Å². The molecule has 0 aliphatic heterocycles. The van der Waals surface area contributed by atoms with E-state index in [4.69, 9.17) is 11.5 Å². The first-order chi connectivity index (χ1) is 8.81. The summed E-state index contributed by atoms with van der Waals surface area (Å²) in [6.45, 7) is 0.0715. The van der Waals surface area contributed by atoms with Crippen molar-refractivity contribution in [2.45, 2.75) is 12.7 Å². The molecular weight excluding hydrogens is 282 g/mol. The van der Waals surface area contributed by atoms with Gasteiger partial charge in [0, 0.05) is 17.0 Å². The zero-order valence-electron chi connectivity index (χ0n) is 9.46. The summed E-state index contributed by atoms with van der Waals surface area (Å²) in [4.78, 5) is 4.41. The molecular formula is C11H9F4N3S. The van der Waals surface area contributed by atoms with Gasteiger partial charge in [-0.3, -0.25) is 0 Å². The fraction of sp³-hybridized carbons (Fsp3) is 0.182. The highest BCUT2D eigenvalue weighted by molar-refractivity contribution is 7.15.